The Bertz CT molecular complexity index is 645. The van der Waals surface area contributed by atoms with Gasteiger partial charge in [-0.3, -0.25) is 0 Å². The van der Waals surface area contributed by atoms with Crippen molar-refractivity contribution >= 4 is 11.8 Å². The van der Waals surface area contributed by atoms with Crippen LogP contribution < -0.4 is 10.6 Å². The normalized spacial score (nSPS) is 16.8. The fourth-order valence-corrected chi connectivity index (χ4v) is 2.81. The maximum atomic E-state index is 5.68. The zero-order valence-electron chi connectivity index (χ0n) is 14.7. The molecule has 0 bridgehead atoms. The highest BCUT2D eigenvalue weighted by Crippen LogP contribution is 2.22. The monoisotopic (exact) mass is 342 g/mol. The Kier molecular flexibility index (Phi) is 6.59. The van der Waals surface area contributed by atoms with Crippen LogP contribution in [-0.2, 0) is 9.47 Å². The van der Waals surface area contributed by atoms with Crippen LogP contribution in [0.5, 0.6) is 0 Å². The maximum Gasteiger partial charge on any atom is 0.225 e. The van der Waals surface area contributed by atoms with Crippen molar-refractivity contribution < 1.29 is 9.47 Å². The van der Waals surface area contributed by atoms with E-state index in [1.807, 2.05) is 24.3 Å². The van der Waals surface area contributed by atoms with Crippen molar-refractivity contribution in [2.24, 2.45) is 0 Å². The molecule has 1 unspecified atom stereocenters. The minimum Gasteiger partial charge on any atom is -0.385 e. The van der Waals surface area contributed by atoms with Gasteiger partial charge in [-0.15, -0.1) is 0 Å². The number of aromatic nitrogens is 2. The van der Waals surface area contributed by atoms with Crippen molar-refractivity contribution in [2.75, 3.05) is 44.0 Å². The van der Waals surface area contributed by atoms with Gasteiger partial charge < -0.3 is 20.1 Å². The molecule has 1 aliphatic rings. The predicted octanol–water partition coefficient (Wildman–Crippen LogP) is 3.18. The largest absolute Gasteiger partial charge is 0.385 e. The standard InChI is InChI=1S/C19H26N4O2/c1-24-11-6-10-20-19-22-17(15-7-3-2-4-8-15)13-18(23-19)21-14-16-9-5-12-25-16/h2-4,7-8,13,16H,5-6,9-12,14H2,1H3,(H2,20,21,22,23). The van der Waals surface area contributed by atoms with E-state index in [0.29, 0.717) is 5.95 Å². The van der Waals surface area contributed by atoms with E-state index in [-0.39, 0.29) is 6.10 Å². The van der Waals surface area contributed by atoms with Gasteiger partial charge in [-0.25, -0.2) is 4.98 Å². The summed E-state index contributed by atoms with van der Waals surface area (Å²) in [6.45, 7) is 3.12. The lowest BCUT2D eigenvalue weighted by Gasteiger charge is -2.14. The van der Waals surface area contributed by atoms with Crippen LogP contribution in [0, 0.1) is 0 Å². The van der Waals surface area contributed by atoms with Crippen LogP contribution in [0.4, 0.5) is 11.8 Å². The number of rotatable bonds is 9. The minimum atomic E-state index is 0.272. The Morgan fingerprint density at radius 3 is 2.84 bits per heavy atom. The molecule has 2 N–H and O–H groups in total. The van der Waals surface area contributed by atoms with Gasteiger partial charge in [-0.2, -0.15) is 4.98 Å². The molecule has 2 aromatic rings. The Morgan fingerprint density at radius 1 is 1.20 bits per heavy atom. The van der Waals surface area contributed by atoms with E-state index in [2.05, 4.69) is 32.7 Å². The highest BCUT2D eigenvalue weighted by atomic mass is 16.5. The molecule has 0 radical (unpaired) electrons. The van der Waals surface area contributed by atoms with E-state index in [4.69, 9.17) is 9.47 Å². The Morgan fingerprint density at radius 2 is 2.08 bits per heavy atom. The van der Waals surface area contributed by atoms with E-state index >= 15 is 0 Å². The Balaban J connectivity index is 1.72. The average molecular weight is 342 g/mol. The molecule has 1 aliphatic heterocycles. The molecule has 1 fully saturated rings. The van der Waals surface area contributed by atoms with Crippen molar-refractivity contribution in [1.82, 2.24) is 9.97 Å². The van der Waals surface area contributed by atoms with Crippen molar-refractivity contribution in [1.29, 1.82) is 0 Å². The summed E-state index contributed by atoms with van der Waals surface area (Å²) in [6.07, 6.45) is 3.42. The molecular formula is C19H26N4O2. The molecule has 6 heteroatoms. The van der Waals surface area contributed by atoms with Gasteiger partial charge in [0.15, 0.2) is 0 Å². The molecule has 0 amide bonds. The summed E-state index contributed by atoms with van der Waals surface area (Å²) in [4.78, 5) is 9.23. The number of ether oxygens (including phenoxy) is 2. The summed E-state index contributed by atoms with van der Waals surface area (Å²) in [5.41, 5.74) is 1.98. The number of methoxy groups -OCH3 is 1. The first kappa shape index (κ1) is 17.6. The zero-order chi connectivity index (χ0) is 17.3. The average Bonchev–Trinajstić information content (AvgIpc) is 3.18. The summed E-state index contributed by atoms with van der Waals surface area (Å²) in [5.74, 6) is 1.45. The number of hydrogen-bond donors (Lipinski definition) is 2. The number of benzene rings is 1. The van der Waals surface area contributed by atoms with E-state index in [9.17, 15) is 0 Å². The highest BCUT2D eigenvalue weighted by Gasteiger charge is 2.15. The van der Waals surface area contributed by atoms with Crippen molar-refractivity contribution in [2.45, 2.75) is 25.4 Å². The van der Waals surface area contributed by atoms with Crippen LogP contribution in [-0.4, -0.2) is 49.5 Å². The second-order valence-electron chi connectivity index (χ2n) is 6.12. The fourth-order valence-electron chi connectivity index (χ4n) is 2.81. The second kappa shape index (κ2) is 9.34. The SMILES string of the molecule is COCCCNc1nc(NCC2CCCO2)cc(-c2ccccc2)n1. The molecule has 3 rings (SSSR count). The van der Waals surface area contributed by atoms with Crippen LogP contribution in [0.3, 0.4) is 0 Å². The second-order valence-corrected chi connectivity index (χ2v) is 6.12. The molecule has 1 aromatic heterocycles. The minimum absolute atomic E-state index is 0.272. The van der Waals surface area contributed by atoms with Gasteiger partial charge in [0, 0.05) is 45.0 Å². The van der Waals surface area contributed by atoms with Crippen LogP contribution in [0.15, 0.2) is 36.4 Å². The molecule has 6 nitrogen and oxygen atoms in total. The summed E-state index contributed by atoms with van der Waals surface area (Å²) >= 11 is 0. The number of nitrogens with one attached hydrogen (secondary N) is 2. The molecule has 0 saturated carbocycles. The first-order chi connectivity index (χ1) is 12.3. The fraction of sp³-hybridized carbons (Fsp3) is 0.474. The summed E-state index contributed by atoms with van der Waals surface area (Å²) in [5, 5.41) is 6.68. The van der Waals surface area contributed by atoms with Crippen molar-refractivity contribution in [3.05, 3.63) is 36.4 Å². The van der Waals surface area contributed by atoms with E-state index in [0.717, 1.165) is 62.6 Å². The van der Waals surface area contributed by atoms with Gasteiger partial charge in [-0.1, -0.05) is 30.3 Å². The number of anilines is 2. The number of nitrogens with zero attached hydrogens (tertiary/aromatic N) is 2. The molecule has 2 heterocycles. The molecule has 0 spiro atoms. The van der Waals surface area contributed by atoms with Crippen LogP contribution in [0.1, 0.15) is 19.3 Å². The first-order valence-electron chi connectivity index (χ1n) is 8.88. The third-order valence-corrected chi connectivity index (χ3v) is 4.14. The van der Waals surface area contributed by atoms with Crippen molar-refractivity contribution in [3.8, 4) is 11.3 Å². The molecule has 1 atom stereocenters. The topological polar surface area (TPSA) is 68.3 Å². The number of hydrogen-bond acceptors (Lipinski definition) is 6. The van der Waals surface area contributed by atoms with E-state index < -0.39 is 0 Å². The predicted molar refractivity (Wildman–Crippen MR) is 99.9 cm³/mol. The maximum absolute atomic E-state index is 5.68. The lowest BCUT2D eigenvalue weighted by Crippen LogP contribution is -2.19. The summed E-state index contributed by atoms with van der Waals surface area (Å²) in [7, 11) is 1.71. The first-order valence-corrected chi connectivity index (χ1v) is 8.88. The van der Waals surface area contributed by atoms with Gasteiger partial charge in [0.1, 0.15) is 5.82 Å². The molecule has 25 heavy (non-hydrogen) atoms. The molecule has 1 saturated heterocycles. The van der Waals surface area contributed by atoms with Crippen molar-refractivity contribution in [3.63, 3.8) is 0 Å². The van der Waals surface area contributed by atoms with Gasteiger partial charge in [0.05, 0.1) is 11.8 Å². The Labute approximate surface area is 149 Å². The zero-order valence-corrected chi connectivity index (χ0v) is 14.7. The van der Waals surface area contributed by atoms with E-state index in [1.54, 1.807) is 7.11 Å². The smallest absolute Gasteiger partial charge is 0.225 e. The van der Waals surface area contributed by atoms with E-state index in [1.165, 1.54) is 0 Å². The van der Waals surface area contributed by atoms with Gasteiger partial charge >= 0.3 is 0 Å². The Hall–Kier alpha value is -2.18. The quantitative estimate of drug-likeness (QED) is 0.682. The molecule has 0 aliphatic carbocycles. The van der Waals surface area contributed by atoms with Crippen LogP contribution in [0.25, 0.3) is 11.3 Å². The third kappa shape index (κ3) is 5.41. The van der Waals surface area contributed by atoms with Gasteiger partial charge in [0.25, 0.3) is 0 Å². The lowest BCUT2D eigenvalue weighted by atomic mass is 10.1. The third-order valence-electron chi connectivity index (χ3n) is 4.14. The lowest BCUT2D eigenvalue weighted by molar-refractivity contribution is 0.120. The molecule has 134 valence electrons. The van der Waals surface area contributed by atoms with Gasteiger partial charge in [0.2, 0.25) is 5.95 Å². The molecule has 1 aromatic carbocycles. The van der Waals surface area contributed by atoms with Gasteiger partial charge in [-0.05, 0) is 19.3 Å². The molecular weight excluding hydrogens is 316 g/mol. The summed E-state index contributed by atoms with van der Waals surface area (Å²) < 4.78 is 10.8. The highest BCUT2D eigenvalue weighted by molar-refractivity contribution is 5.64. The van der Waals surface area contributed by atoms with Crippen LogP contribution in [0.2, 0.25) is 0 Å². The van der Waals surface area contributed by atoms with Crippen LogP contribution >= 0.6 is 0 Å². The summed E-state index contributed by atoms with van der Waals surface area (Å²) in [6, 6.07) is 12.1.